The molecule has 1 atom stereocenters. The monoisotopic (exact) mass is 226 g/mol. The van der Waals surface area contributed by atoms with Gasteiger partial charge in [0.05, 0.1) is 0 Å². The summed E-state index contributed by atoms with van der Waals surface area (Å²) in [6.45, 7) is 0. The molecule has 1 heterocycles. The molecular weight excluding hydrogens is 208 g/mol. The Hall–Kier alpha value is -1.67. The summed E-state index contributed by atoms with van der Waals surface area (Å²) < 4.78 is 0. The standard InChI is InChI=1S/C15H18N2/c1-16-15(10-13-6-3-2-4-7-13)11-14-8-5-9-17-12-14/h2-9,12,15-16H,10-11H2,1H3. The second-order valence-corrected chi connectivity index (χ2v) is 4.24. The molecule has 0 aliphatic carbocycles. The number of nitrogens with one attached hydrogen (secondary N) is 1. The average Bonchev–Trinajstić information content (AvgIpc) is 2.40. The van der Waals surface area contributed by atoms with Gasteiger partial charge in [-0.2, -0.15) is 0 Å². The summed E-state index contributed by atoms with van der Waals surface area (Å²) in [6.07, 6.45) is 5.82. The highest BCUT2D eigenvalue weighted by molar-refractivity contribution is 5.17. The van der Waals surface area contributed by atoms with Gasteiger partial charge in [0.25, 0.3) is 0 Å². The van der Waals surface area contributed by atoms with E-state index in [1.807, 2.05) is 25.5 Å². The topological polar surface area (TPSA) is 24.9 Å². The van der Waals surface area contributed by atoms with E-state index in [1.54, 1.807) is 0 Å². The van der Waals surface area contributed by atoms with Crippen molar-refractivity contribution in [2.24, 2.45) is 0 Å². The van der Waals surface area contributed by atoms with Gasteiger partial charge in [-0.15, -0.1) is 0 Å². The summed E-state index contributed by atoms with van der Waals surface area (Å²) >= 11 is 0. The second-order valence-electron chi connectivity index (χ2n) is 4.24. The Balaban J connectivity index is 1.98. The smallest absolute Gasteiger partial charge is 0.0300 e. The van der Waals surface area contributed by atoms with E-state index < -0.39 is 0 Å². The van der Waals surface area contributed by atoms with Crippen LogP contribution >= 0.6 is 0 Å². The van der Waals surface area contributed by atoms with Crippen LogP contribution in [0.25, 0.3) is 0 Å². The summed E-state index contributed by atoms with van der Waals surface area (Å²) in [5.74, 6) is 0. The molecule has 1 aromatic heterocycles. The van der Waals surface area contributed by atoms with Crippen molar-refractivity contribution in [1.29, 1.82) is 0 Å². The van der Waals surface area contributed by atoms with Crippen LogP contribution in [0.15, 0.2) is 54.9 Å². The van der Waals surface area contributed by atoms with Gasteiger partial charge >= 0.3 is 0 Å². The lowest BCUT2D eigenvalue weighted by Crippen LogP contribution is -2.29. The average molecular weight is 226 g/mol. The number of likely N-dealkylation sites (N-methyl/N-ethyl adjacent to an activating group) is 1. The number of pyridine rings is 1. The quantitative estimate of drug-likeness (QED) is 0.847. The third-order valence-corrected chi connectivity index (χ3v) is 2.94. The first kappa shape index (κ1) is 11.8. The van der Waals surface area contributed by atoms with Crippen LogP contribution in [-0.2, 0) is 12.8 Å². The Morgan fingerprint density at radius 3 is 2.35 bits per heavy atom. The number of rotatable bonds is 5. The van der Waals surface area contributed by atoms with E-state index in [9.17, 15) is 0 Å². The van der Waals surface area contributed by atoms with Gasteiger partial charge in [0.2, 0.25) is 0 Å². The molecule has 1 unspecified atom stereocenters. The van der Waals surface area contributed by atoms with Crippen molar-refractivity contribution in [3.63, 3.8) is 0 Å². The molecule has 2 aromatic rings. The molecule has 0 radical (unpaired) electrons. The van der Waals surface area contributed by atoms with E-state index in [1.165, 1.54) is 11.1 Å². The molecule has 88 valence electrons. The molecular formula is C15H18N2. The molecule has 0 bridgehead atoms. The predicted octanol–water partition coefficient (Wildman–Crippen LogP) is 2.45. The Morgan fingerprint density at radius 2 is 1.71 bits per heavy atom. The van der Waals surface area contributed by atoms with Gasteiger partial charge in [0.1, 0.15) is 0 Å². The molecule has 1 aromatic carbocycles. The first-order valence-electron chi connectivity index (χ1n) is 5.98. The summed E-state index contributed by atoms with van der Waals surface area (Å²) in [7, 11) is 2.02. The van der Waals surface area contributed by atoms with Crippen molar-refractivity contribution in [1.82, 2.24) is 10.3 Å². The molecule has 0 amide bonds. The van der Waals surface area contributed by atoms with E-state index in [2.05, 4.69) is 46.7 Å². The van der Waals surface area contributed by atoms with Crippen LogP contribution < -0.4 is 5.32 Å². The molecule has 0 aliphatic heterocycles. The molecule has 2 nitrogen and oxygen atoms in total. The van der Waals surface area contributed by atoms with Crippen molar-refractivity contribution in [3.05, 3.63) is 66.0 Å². The van der Waals surface area contributed by atoms with E-state index >= 15 is 0 Å². The normalized spacial score (nSPS) is 12.3. The van der Waals surface area contributed by atoms with Crippen LogP contribution in [0.1, 0.15) is 11.1 Å². The van der Waals surface area contributed by atoms with Crippen molar-refractivity contribution in [2.45, 2.75) is 18.9 Å². The van der Waals surface area contributed by atoms with Crippen LogP contribution in [0.3, 0.4) is 0 Å². The van der Waals surface area contributed by atoms with Gasteiger partial charge in [0.15, 0.2) is 0 Å². The minimum atomic E-state index is 0.460. The predicted molar refractivity (Wildman–Crippen MR) is 70.9 cm³/mol. The SMILES string of the molecule is CNC(Cc1ccccc1)Cc1cccnc1. The first-order valence-corrected chi connectivity index (χ1v) is 5.98. The molecule has 0 fully saturated rings. The van der Waals surface area contributed by atoms with E-state index in [0.717, 1.165) is 12.8 Å². The highest BCUT2D eigenvalue weighted by atomic mass is 14.9. The lowest BCUT2D eigenvalue weighted by molar-refractivity contribution is 0.556. The maximum Gasteiger partial charge on any atom is 0.0300 e. The lowest BCUT2D eigenvalue weighted by atomic mass is 10.0. The summed E-state index contributed by atoms with van der Waals surface area (Å²) in [5.41, 5.74) is 2.65. The van der Waals surface area contributed by atoms with Crippen LogP contribution in [-0.4, -0.2) is 18.1 Å². The van der Waals surface area contributed by atoms with Gasteiger partial charge in [0, 0.05) is 18.4 Å². The van der Waals surface area contributed by atoms with E-state index in [0.29, 0.717) is 6.04 Å². The minimum absolute atomic E-state index is 0.460. The number of hydrogen-bond donors (Lipinski definition) is 1. The fourth-order valence-corrected chi connectivity index (χ4v) is 1.98. The molecule has 0 spiro atoms. The summed E-state index contributed by atoms with van der Waals surface area (Å²) in [4.78, 5) is 4.15. The molecule has 0 saturated heterocycles. The maximum atomic E-state index is 4.15. The van der Waals surface area contributed by atoms with Gasteiger partial charge in [-0.05, 0) is 37.1 Å². The number of hydrogen-bond acceptors (Lipinski definition) is 2. The highest BCUT2D eigenvalue weighted by Crippen LogP contribution is 2.08. The van der Waals surface area contributed by atoms with Crippen LogP contribution in [0.5, 0.6) is 0 Å². The third kappa shape index (κ3) is 3.68. The zero-order chi connectivity index (χ0) is 11.9. The Morgan fingerprint density at radius 1 is 1.00 bits per heavy atom. The lowest BCUT2D eigenvalue weighted by Gasteiger charge is -2.16. The summed E-state index contributed by atoms with van der Waals surface area (Å²) in [6, 6.07) is 15.2. The van der Waals surface area contributed by atoms with Gasteiger partial charge in [-0.3, -0.25) is 4.98 Å². The van der Waals surface area contributed by atoms with Gasteiger partial charge in [-0.1, -0.05) is 36.4 Å². The largest absolute Gasteiger partial charge is 0.316 e. The molecule has 2 heteroatoms. The van der Waals surface area contributed by atoms with Gasteiger partial charge in [-0.25, -0.2) is 0 Å². The number of nitrogens with zero attached hydrogens (tertiary/aromatic N) is 1. The third-order valence-electron chi connectivity index (χ3n) is 2.94. The van der Waals surface area contributed by atoms with Crippen LogP contribution in [0.4, 0.5) is 0 Å². The van der Waals surface area contributed by atoms with Crippen molar-refractivity contribution < 1.29 is 0 Å². The zero-order valence-electron chi connectivity index (χ0n) is 10.1. The highest BCUT2D eigenvalue weighted by Gasteiger charge is 2.07. The van der Waals surface area contributed by atoms with E-state index in [4.69, 9.17) is 0 Å². The minimum Gasteiger partial charge on any atom is -0.316 e. The van der Waals surface area contributed by atoms with E-state index in [-0.39, 0.29) is 0 Å². The Labute approximate surface area is 103 Å². The fraction of sp³-hybridized carbons (Fsp3) is 0.267. The molecule has 2 rings (SSSR count). The van der Waals surface area contributed by atoms with Crippen molar-refractivity contribution in [2.75, 3.05) is 7.05 Å². The van der Waals surface area contributed by atoms with Crippen LogP contribution in [0.2, 0.25) is 0 Å². The zero-order valence-corrected chi connectivity index (χ0v) is 10.1. The number of benzene rings is 1. The Bertz CT molecular complexity index is 384. The van der Waals surface area contributed by atoms with Crippen molar-refractivity contribution >= 4 is 0 Å². The number of aromatic nitrogens is 1. The fourth-order valence-electron chi connectivity index (χ4n) is 1.98. The molecule has 0 aliphatic rings. The van der Waals surface area contributed by atoms with Gasteiger partial charge < -0.3 is 5.32 Å². The van der Waals surface area contributed by atoms with Crippen molar-refractivity contribution in [3.8, 4) is 0 Å². The second kappa shape index (κ2) is 6.16. The van der Waals surface area contributed by atoms with Crippen LogP contribution in [0, 0.1) is 0 Å². The Kier molecular flexibility index (Phi) is 4.28. The first-order chi connectivity index (χ1) is 8.38. The summed E-state index contributed by atoms with van der Waals surface area (Å²) in [5, 5.41) is 3.37. The maximum absolute atomic E-state index is 4.15. The molecule has 17 heavy (non-hydrogen) atoms. The molecule has 0 saturated carbocycles. The molecule has 1 N–H and O–H groups in total.